The van der Waals surface area contributed by atoms with Crippen LogP contribution in [-0.4, -0.2) is 12.7 Å². The largest absolute Gasteiger partial charge is 0.372 e. The van der Waals surface area contributed by atoms with Gasteiger partial charge >= 0.3 is 7.57 Å². The molecule has 0 amide bonds. The minimum absolute atomic E-state index is 0.101. The summed E-state index contributed by atoms with van der Waals surface area (Å²) in [6, 6.07) is 21.2. The highest BCUT2D eigenvalue weighted by Gasteiger charge is 2.46. The maximum atomic E-state index is 6.94. The standard InChI is InChI=1S/C17H21BP/c1-17(2,3)19(18,16-12-8-5-9-13-16)14-15-10-6-4-7-11-15/h4-13H,14H2,1-3H3/q+1. The highest BCUT2D eigenvalue weighted by molar-refractivity contribution is 8.03. The SMILES string of the molecule is [B][P+](Cc1ccccc1)(c1ccccc1)C(C)(C)C. The first-order chi connectivity index (χ1) is 8.93. The molecule has 96 valence electrons. The minimum atomic E-state index is -1.73. The summed E-state index contributed by atoms with van der Waals surface area (Å²) in [5, 5.41) is 1.41. The van der Waals surface area contributed by atoms with E-state index >= 15 is 0 Å². The van der Waals surface area contributed by atoms with Crippen LogP contribution in [0.1, 0.15) is 26.3 Å². The highest BCUT2D eigenvalue weighted by Crippen LogP contribution is 2.65. The molecule has 0 aliphatic heterocycles. The lowest BCUT2D eigenvalue weighted by Gasteiger charge is -2.36. The Morgan fingerprint density at radius 1 is 0.842 bits per heavy atom. The van der Waals surface area contributed by atoms with E-state index in [1.165, 1.54) is 10.9 Å². The molecule has 1 unspecified atom stereocenters. The molecule has 0 aromatic heterocycles. The van der Waals surface area contributed by atoms with E-state index in [-0.39, 0.29) is 5.16 Å². The van der Waals surface area contributed by atoms with E-state index in [0.29, 0.717) is 0 Å². The molecule has 0 nitrogen and oxygen atoms in total. The second-order valence-electron chi connectivity index (χ2n) is 6.02. The fraction of sp³-hybridized carbons (Fsp3) is 0.294. The fourth-order valence-electron chi connectivity index (χ4n) is 2.28. The van der Waals surface area contributed by atoms with E-state index in [1.54, 1.807) is 0 Å². The predicted octanol–water partition coefficient (Wildman–Crippen LogP) is 4.41. The summed E-state index contributed by atoms with van der Waals surface area (Å²) in [5.74, 6) is 0. The topological polar surface area (TPSA) is 0 Å². The van der Waals surface area contributed by atoms with Gasteiger partial charge in [-0.25, -0.2) is 0 Å². The lowest BCUT2D eigenvalue weighted by Crippen LogP contribution is -2.30. The Morgan fingerprint density at radius 2 is 1.32 bits per heavy atom. The molecular formula is C17H21BP+. The van der Waals surface area contributed by atoms with Crippen LogP contribution in [0.5, 0.6) is 0 Å². The normalized spacial score (nSPS) is 14.9. The third-order valence-corrected chi connectivity index (χ3v) is 8.17. The third-order valence-electron chi connectivity index (χ3n) is 3.69. The molecule has 0 fully saturated rings. The smallest absolute Gasteiger partial charge is 0.0622 e. The van der Waals surface area contributed by atoms with E-state index in [1.807, 2.05) is 0 Å². The zero-order valence-electron chi connectivity index (χ0n) is 12.0. The molecule has 0 N–H and O–H groups in total. The minimum Gasteiger partial charge on any atom is -0.0622 e. The number of hydrogen-bond donors (Lipinski definition) is 0. The number of rotatable bonds is 3. The first-order valence-corrected chi connectivity index (χ1v) is 8.74. The molecule has 0 aliphatic carbocycles. The molecule has 0 bridgehead atoms. The molecule has 1 atom stereocenters. The summed E-state index contributed by atoms with van der Waals surface area (Å²) in [6.07, 6.45) is 0.960. The van der Waals surface area contributed by atoms with Crippen molar-refractivity contribution in [2.75, 3.05) is 0 Å². The van der Waals surface area contributed by atoms with Crippen molar-refractivity contribution < 1.29 is 0 Å². The van der Waals surface area contributed by atoms with Crippen molar-refractivity contribution in [1.29, 1.82) is 0 Å². The maximum absolute atomic E-state index is 6.94. The van der Waals surface area contributed by atoms with Crippen LogP contribution in [0.2, 0.25) is 0 Å². The van der Waals surface area contributed by atoms with Crippen molar-refractivity contribution in [3.8, 4) is 0 Å². The summed E-state index contributed by atoms with van der Waals surface area (Å²) in [6.45, 7) is 6.78. The average Bonchev–Trinajstić information content (AvgIpc) is 2.39. The Balaban J connectivity index is 2.42. The first kappa shape index (κ1) is 14.3. The quantitative estimate of drug-likeness (QED) is 0.570. The van der Waals surface area contributed by atoms with Gasteiger partial charge in [0.15, 0.2) is 0 Å². The molecule has 0 aliphatic rings. The van der Waals surface area contributed by atoms with Gasteiger partial charge in [-0.1, -0.05) is 48.5 Å². The number of benzene rings is 2. The van der Waals surface area contributed by atoms with Crippen LogP contribution in [0.4, 0.5) is 0 Å². The van der Waals surface area contributed by atoms with Crippen molar-refractivity contribution in [1.82, 2.24) is 0 Å². The van der Waals surface area contributed by atoms with Gasteiger partial charge in [0.1, 0.15) is 0 Å². The van der Waals surface area contributed by atoms with Gasteiger partial charge in [-0.2, -0.15) is 0 Å². The van der Waals surface area contributed by atoms with Gasteiger partial charge in [0.05, 0.1) is 16.6 Å². The molecule has 2 aromatic rings. The van der Waals surface area contributed by atoms with Crippen LogP contribution in [0.3, 0.4) is 0 Å². The third kappa shape index (κ3) is 3.10. The fourth-order valence-corrected chi connectivity index (χ4v) is 5.20. The Labute approximate surface area is 119 Å². The van der Waals surface area contributed by atoms with Gasteiger partial charge < -0.3 is 0 Å². The molecule has 2 aromatic carbocycles. The zero-order chi connectivity index (χ0) is 13.9. The van der Waals surface area contributed by atoms with Gasteiger partial charge in [-0.3, -0.25) is 0 Å². The van der Waals surface area contributed by atoms with Gasteiger partial charge in [-0.05, 0) is 38.5 Å². The Morgan fingerprint density at radius 3 is 1.79 bits per heavy atom. The van der Waals surface area contributed by atoms with Gasteiger partial charge in [0.25, 0.3) is 0 Å². The summed E-state index contributed by atoms with van der Waals surface area (Å²) in [4.78, 5) is 0. The zero-order valence-corrected chi connectivity index (χ0v) is 12.9. The van der Waals surface area contributed by atoms with E-state index in [0.717, 1.165) is 6.16 Å². The molecule has 0 saturated heterocycles. The highest BCUT2D eigenvalue weighted by atomic mass is 31.2. The van der Waals surface area contributed by atoms with Crippen LogP contribution in [-0.2, 0) is 6.16 Å². The van der Waals surface area contributed by atoms with Crippen LogP contribution in [0.15, 0.2) is 60.7 Å². The van der Waals surface area contributed by atoms with Crippen molar-refractivity contribution in [2.24, 2.45) is 0 Å². The van der Waals surface area contributed by atoms with Crippen molar-refractivity contribution in [3.05, 3.63) is 66.2 Å². The second kappa shape index (κ2) is 5.51. The maximum Gasteiger partial charge on any atom is 0.372 e. The first-order valence-electron chi connectivity index (χ1n) is 6.70. The molecule has 19 heavy (non-hydrogen) atoms. The molecule has 2 heteroatoms. The van der Waals surface area contributed by atoms with Gasteiger partial charge in [0, 0.05) is 7.14 Å². The van der Waals surface area contributed by atoms with Gasteiger partial charge in [-0.15, -0.1) is 0 Å². The molecule has 0 saturated carbocycles. The second-order valence-corrected chi connectivity index (χ2v) is 9.93. The lowest BCUT2D eigenvalue weighted by atomic mass is 10.2. The monoisotopic (exact) mass is 267 g/mol. The molecule has 2 radical (unpaired) electrons. The van der Waals surface area contributed by atoms with E-state index in [4.69, 9.17) is 7.57 Å². The van der Waals surface area contributed by atoms with Crippen LogP contribution in [0.25, 0.3) is 0 Å². The van der Waals surface area contributed by atoms with E-state index in [9.17, 15) is 0 Å². The Kier molecular flexibility index (Phi) is 4.16. The van der Waals surface area contributed by atoms with Gasteiger partial charge in [0.2, 0.25) is 0 Å². The number of hydrogen-bond acceptors (Lipinski definition) is 0. The van der Waals surface area contributed by atoms with Crippen molar-refractivity contribution in [3.63, 3.8) is 0 Å². The molecule has 0 spiro atoms. The molecule has 0 heterocycles. The van der Waals surface area contributed by atoms with Crippen molar-refractivity contribution >= 4 is 20.0 Å². The lowest BCUT2D eigenvalue weighted by molar-refractivity contribution is 0.781. The molecule has 2 rings (SSSR count). The van der Waals surface area contributed by atoms with E-state index < -0.39 is 7.14 Å². The Hall–Kier alpha value is -1.07. The summed E-state index contributed by atoms with van der Waals surface area (Å²) >= 11 is 0. The molecular weight excluding hydrogens is 246 g/mol. The summed E-state index contributed by atoms with van der Waals surface area (Å²) < 4.78 is 0. The van der Waals surface area contributed by atoms with Crippen LogP contribution >= 0.6 is 7.14 Å². The van der Waals surface area contributed by atoms with Crippen LogP contribution < -0.4 is 5.30 Å². The average molecular weight is 267 g/mol. The summed E-state index contributed by atoms with van der Waals surface area (Å²) in [5.41, 5.74) is 1.33. The summed E-state index contributed by atoms with van der Waals surface area (Å²) in [7, 11) is 5.21. The predicted molar refractivity (Wildman–Crippen MR) is 88.6 cm³/mol. The van der Waals surface area contributed by atoms with E-state index in [2.05, 4.69) is 81.4 Å². The van der Waals surface area contributed by atoms with Crippen LogP contribution in [0, 0.1) is 0 Å². The van der Waals surface area contributed by atoms with Crippen molar-refractivity contribution in [2.45, 2.75) is 32.1 Å². The Bertz CT molecular complexity index is 516.